The van der Waals surface area contributed by atoms with Crippen molar-refractivity contribution >= 4 is 29.9 Å². The van der Waals surface area contributed by atoms with E-state index in [2.05, 4.69) is 91.1 Å². The average Bonchev–Trinajstić information content (AvgIpc) is 3.05. The van der Waals surface area contributed by atoms with Gasteiger partial charge in [0.1, 0.15) is 11.6 Å². The van der Waals surface area contributed by atoms with Gasteiger partial charge in [-0.3, -0.25) is 4.99 Å². The summed E-state index contributed by atoms with van der Waals surface area (Å²) in [5, 5.41) is 15.8. The highest BCUT2D eigenvalue weighted by molar-refractivity contribution is 14.0. The molecule has 2 aromatic carbocycles. The van der Waals surface area contributed by atoms with Crippen molar-refractivity contribution in [1.82, 2.24) is 25.4 Å². The molecular weight excluding hydrogens is 511 g/mol. The van der Waals surface area contributed by atoms with E-state index >= 15 is 0 Å². The number of hydrogen-bond acceptors (Lipinski definition) is 3. The van der Waals surface area contributed by atoms with Gasteiger partial charge in [0.15, 0.2) is 5.96 Å². The van der Waals surface area contributed by atoms with Crippen LogP contribution in [0.1, 0.15) is 48.0 Å². The molecule has 32 heavy (non-hydrogen) atoms. The van der Waals surface area contributed by atoms with Crippen LogP contribution in [0.2, 0.25) is 0 Å². The summed E-state index contributed by atoms with van der Waals surface area (Å²) in [4.78, 5) is 4.42. The molecule has 0 saturated heterocycles. The summed E-state index contributed by atoms with van der Waals surface area (Å²) in [6.45, 7) is 2.59. The number of hydrogen-bond donors (Lipinski definition) is 2. The number of nitrogens with zero attached hydrogens (tertiary/aromatic N) is 4. The zero-order chi connectivity index (χ0) is 21.3. The van der Waals surface area contributed by atoms with Crippen molar-refractivity contribution < 1.29 is 0 Å². The Morgan fingerprint density at radius 2 is 1.62 bits per heavy atom. The number of nitrogens with one attached hydrogen (secondary N) is 2. The molecule has 0 unspecified atom stereocenters. The molecule has 4 rings (SSSR count). The maximum absolute atomic E-state index is 4.43. The molecule has 1 aromatic heterocycles. The summed E-state index contributed by atoms with van der Waals surface area (Å²) >= 11 is 0. The third-order valence-corrected chi connectivity index (χ3v) is 5.93. The van der Waals surface area contributed by atoms with Crippen molar-refractivity contribution in [1.29, 1.82) is 0 Å². The first-order valence-corrected chi connectivity index (χ1v) is 11.3. The molecule has 3 aromatic rings. The standard InChI is InChI=1S/C25H32N6.HI/c1-26-25(27-17-16-24-30-29-23-15-9-4-10-18-31(23)24)28-19-22(20-11-5-2-6-12-20)21-13-7-3-8-14-21;/h2-3,5-8,11-14,22H,4,9-10,15-19H2,1H3,(H2,26,27,28);1H. The monoisotopic (exact) mass is 544 g/mol. The van der Waals surface area contributed by atoms with E-state index < -0.39 is 0 Å². The van der Waals surface area contributed by atoms with E-state index in [1.807, 2.05) is 7.05 Å². The summed E-state index contributed by atoms with van der Waals surface area (Å²) in [5.74, 6) is 3.29. The molecule has 1 aliphatic rings. The summed E-state index contributed by atoms with van der Waals surface area (Å²) < 4.78 is 2.31. The fourth-order valence-electron chi connectivity index (χ4n) is 4.24. The van der Waals surface area contributed by atoms with Gasteiger partial charge in [-0.15, -0.1) is 34.2 Å². The number of aryl methyl sites for hydroxylation is 1. The van der Waals surface area contributed by atoms with Crippen LogP contribution < -0.4 is 10.6 Å². The third-order valence-electron chi connectivity index (χ3n) is 5.93. The summed E-state index contributed by atoms with van der Waals surface area (Å²) in [5.41, 5.74) is 2.59. The predicted molar refractivity (Wildman–Crippen MR) is 141 cm³/mol. The van der Waals surface area contributed by atoms with Gasteiger partial charge in [0.05, 0.1) is 0 Å². The summed E-state index contributed by atoms with van der Waals surface area (Å²) in [6, 6.07) is 21.3. The van der Waals surface area contributed by atoms with Crippen LogP contribution in [0.3, 0.4) is 0 Å². The molecule has 1 aliphatic heterocycles. The van der Waals surface area contributed by atoms with Gasteiger partial charge >= 0.3 is 0 Å². The predicted octanol–water partition coefficient (Wildman–Crippen LogP) is 4.16. The van der Waals surface area contributed by atoms with E-state index in [1.165, 1.54) is 30.4 Å². The first-order chi connectivity index (χ1) is 15.3. The largest absolute Gasteiger partial charge is 0.356 e. The van der Waals surface area contributed by atoms with Crippen molar-refractivity contribution in [2.75, 3.05) is 20.1 Å². The molecule has 0 radical (unpaired) electrons. The van der Waals surface area contributed by atoms with Gasteiger partial charge in [-0.2, -0.15) is 0 Å². The molecule has 7 heteroatoms. The molecule has 2 N–H and O–H groups in total. The Hall–Kier alpha value is -2.42. The average molecular weight is 544 g/mol. The number of benzene rings is 2. The molecule has 0 aliphatic carbocycles. The van der Waals surface area contributed by atoms with Crippen molar-refractivity contribution in [2.24, 2.45) is 4.99 Å². The van der Waals surface area contributed by atoms with E-state index in [9.17, 15) is 0 Å². The van der Waals surface area contributed by atoms with Crippen LogP contribution >= 0.6 is 24.0 Å². The maximum atomic E-state index is 4.43. The van der Waals surface area contributed by atoms with Crippen LogP contribution in [-0.4, -0.2) is 40.9 Å². The maximum Gasteiger partial charge on any atom is 0.191 e. The Kier molecular flexibility index (Phi) is 9.52. The lowest BCUT2D eigenvalue weighted by atomic mass is 9.91. The van der Waals surface area contributed by atoms with Crippen molar-refractivity contribution in [3.05, 3.63) is 83.4 Å². The molecule has 0 atom stereocenters. The first kappa shape index (κ1) is 24.2. The zero-order valence-electron chi connectivity index (χ0n) is 18.7. The second kappa shape index (κ2) is 12.6. The minimum Gasteiger partial charge on any atom is -0.356 e. The van der Waals surface area contributed by atoms with E-state index in [1.54, 1.807) is 0 Å². The molecule has 0 fully saturated rings. The Morgan fingerprint density at radius 1 is 0.938 bits per heavy atom. The molecule has 0 amide bonds. The molecular formula is C25H33IN6. The van der Waals surface area contributed by atoms with Gasteiger partial charge in [-0.05, 0) is 24.0 Å². The Balaban J connectivity index is 0.00000289. The molecule has 170 valence electrons. The van der Waals surface area contributed by atoms with Crippen molar-refractivity contribution in [3.63, 3.8) is 0 Å². The van der Waals surface area contributed by atoms with Crippen molar-refractivity contribution in [2.45, 2.75) is 44.6 Å². The van der Waals surface area contributed by atoms with E-state index in [4.69, 9.17) is 0 Å². The minimum absolute atomic E-state index is 0. The van der Waals surface area contributed by atoms with Crippen LogP contribution in [0.5, 0.6) is 0 Å². The smallest absolute Gasteiger partial charge is 0.191 e. The number of halogens is 1. The number of guanidine groups is 1. The van der Waals surface area contributed by atoms with Gasteiger partial charge in [-0.1, -0.05) is 67.1 Å². The van der Waals surface area contributed by atoms with Crippen LogP contribution in [0, 0.1) is 0 Å². The van der Waals surface area contributed by atoms with Crippen LogP contribution in [0.25, 0.3) is 0 Å². The summed E-state index contributed by atoms with van der Waals surface area (Å²) in [7, 11) is 1.82. The zero-order valence-corrected chi connectivity index (χ0v) is 21.0. The normalized spacial score (nSPS) is 13.8. The fourth-order valence-corrected chi connectivity index (χ4v) is 4.24. The van der Waals surface area contributed by atoms with Gasteiger partial charge in [0.25, 0.3) is 0 Å². The summed E-state index contributed by atoms with van der Waals surface area (Å²) in [6.07, 6.45) is 5.60. The number of rotatable bonds is 7. The minimum atomic E-state index is 0. The highest BCUT2D eigenvalue weighted by Gasteiger charge is 2.16. The molecule has 6 nitrogen and oxygen atoms in total. The number of fused-ring (bicyclic) bond motifs is 1. The quantitative estimate of drug-likeness (QED) is 0.267. The van der Waals surface area contributed by atoms with Crippen LogP contribution in [-0.2, 0) is 19.4 Å². The van der Waals surface area contributed by atoms with Crippen LogP contribution in [0.15, 0.2) is 65.7 Å². The second-order valence-corrected chi connectivity index (χ2v) is 8.00. The van der Waals surface area contributed by atoms with Crippen molar-refractivity contribution in [3.8, 4) is 0 Å². The molecule has 0 bridgehead atoms. The second-order valence-electron chi connectivity index (χ2n) is 8.00. The van der Waals surface area contributed by atoms with E-state index in [0.717, 1.165) is 50.1 Å². The molecule has 0 saturated carbocycles. The topological polar surface area (TPSA) is 67.1 Å². The highest BCUT2D eigenvalue weighted by Crippen LogP contribution is 2.23. The van der Waals surface area contributed by atoms with Gasteiger partial charge in [0, 0.05) is 45.4 Å². The lowest BCUT2D eigenvalue weighted by Crippen LogP contribution is -2.40. The third kappa shape index (κ3) is 6.31. The van der Waals surface area contributed by atoms with E-state index in [0.29, 0.717) is 0 Å². The SMILES string of the molecule is CN=C(NCCc1nnc2n1CCCCC2)NCC(c1ccccc1)c1ccccc1.I. The number of aromatic nitrogens is 3. The Morgan fingerprint density at radius 3 is 2.28 bits per heavy atom. The highest BCUT2D eigenvalue weighted by atomic mass is 127. The van der Waals surface area contributed by atoms with Crippen LogP contribution in [0.4, 0.5) is 0 Å². The molecule has 2 heterocycles. The Bertz CT molecular complexity index is 931. The van der Waals surface area contributed by atoms with Gasteiger partial charge in [-0.25, -0.2) is 0 Å². The van der Waals surface area contributed by atoms with Gasteiger partial charge < -0.3 is 15.2 Å². The lowest BCUT2D eigenvalue weighted by Gasteiger charge is -2.20. The lowest BCUT2D eigenvalue weighted by molar-refractivity contribution is 0.600. The first-order valence-electron chi connectivity index (χ1n) is 11.3. The van der Waals surface area contributed by atoms with Gasteiger partial charge in [0.2, 0.25) is 0 Å². The molecule has 0 spiro atoms. The number of aliphatic imine (C=N–C) groups is 1. The van der Waals surface area contributed by atoms with E-state index in [-0.39, 0.29) is 29.9 Å². The fraction of sp³-hybridized carbons (Fsp3) is 0.400. The Labute approximate surface area is 208 Å².